The molecule has 3 heteroatoms. The van der Waals surface area contributed by atoms with Crippen molar-refractivity contribution in [2.75, 3.05) is 0 Å². The minimum Gasteiger partial charge on any atom is -0.364 e. The molecular weight excluding hydrogens is 200 g/mol. The van der Waals surface area contributed by atoms with E-state index < -0.39 is 5.91 Å². The number of primary amides is 1. The normalized spacial score (nSPS) is 12.3. The summed E-state index contributed by atoms with van der Waals surface area (Å²) in [7, 11) is 0. The molecule has 0 saturated heterocycles. The van der Waals surface area contributed by atoms with Crippen LogP contribution in [0.15, 0.2) is 48.7 Å². The molecule has 0 saturated carbocycles. The maximum absolute atomic E-state index is 11.2. The van der Waals surface area contributed by atoms with Crippen LogP contribution in [0.2, 0.25) is 0 Å². The lowest BCUT2D eigenvalue weighted by molar-refractivity contribution is 0.0990. The Bertz CT molecular complexity index is 488. The standard InChI is InChI=1S/C13H14N2O/c1-10(11-6-3-2-4-7-11)15-9-5-8-12(15)13(14)16/h2-10H,1H3,(H2,14,16)/t10-/m0/s1. The van der Waals surface area contributed by atoms with Crippen molar-refractivity contribution >= 4 is 5.91 Å². The van der Waals surface area contributed by atoms with Crippen LogP contribution in [0.3, 0.4) is 0 Å². The number of nitrogens with zero attached hydrogens (tertiary/aromatic N) is 1. The molecule has 2 aromatic rings. The number of benzene rings is 1. The molecule has 0 unspecified atom stereocenters. The van der Waals surface area contributed by atoms with Crippen LogP contribution in [0.5, 0.6) is 0 Å². The average Bonchev–Trinajstić information content (AvgIpc) is 2.78. The van der Waals surface area contributed by atoms with Crippen molar-refractivity contribution in [2.45, 2.75) is 13.0 Å². The number of carbonyl (C=O) groups excluding carboxylic acids is 1. The molecule has 3 nitrogen and oxygen atoms in total. The number of nitrogens with two attached hydrogens (primary N) is 1. The van der Waals surface area contributed by atoms with Gasteiger partial charge in [0, 0.05) is 6.20 Å². The molecule has 0 bridgehead atoms. The lowest BCUT2D eigenvalue weighted by atomic mass is 10.1. The Morgan fingerprint density at radius 2 is 1.88 bits per heavy atom. The first-order valence-electron chi connectivity index (χ1n) is 5.21. The fraction of sp³-hybridized carbons (Fsp3) is 0.154. The number of carbonyl (C=O) groups is 1. The SMILES string of the molecule is C[C@@H](c1ccccc1)n1cccc1C(N)=O. The molecule has 82 valence electrons. The zero-order valence-corrected chi connectivity index (χ0v) is 9.13. The van der Waals surface area contributed by atoms with Gasteiger partial charge in [0.05, 0.1) is 6.04 Å². The molecule has 0 spiro atoms. The van der Waals surface area contributed by atoms with Gasteiger partial charge in [0.25, 0.3) is 5.91 Å². The van der Waals surface area contributed by atoms with Crippen molar-refractivity contribution < 1.29 is 4.79 Å². The Hall–Kier alpha value is -2.03. The van der Waals surface area contributed by atoms with Gasteiger partial charge in [0.1, 0.15) is 5.69 Å². The van der Waals surface area contributed by atoms with Crippen LogP contribution in [-0.4, -0.2) is 10.5 Å². The molecule has 2 N–H and O–H groups in total. The van der Waals surface area contributed by atoms with Gasteiger partial charge < -0.3 is 10.3 Å². The first-order chi connectivity index (χ1) is 7.70. The van der Waals surface area contributed by atoms with Gasteiger partial charge in [-0.3, -0.25) is 4.79 Å². The van der Waals surface area contributed by atoms with E-state index in [9.17, 15) is 4.79 Å². The summed E-state index contributed by atoms with van der Waals surface area (Å²) in [5, 5.41) is 0. The van der Waals surface area contributed by atoms with Crippen LogP contribution in [0, 0.1) is 0 Å². The van der Waals surface area contributed by atoms with Crippen molar-refractivity contribution in [1.29, 1.82) is 0 Å². The van der Waals surface area contributed by atoms with E-state index in [1.165, 1.54) is 0 Å². The van der Waals surface area contributed by atoms with Gasteiger partial charge in [0.15, 0.2) is 0 Å². The monoisotopic (exact) mass is 214 g/mol. The van der Waals surface area contributed by atoms with Crippen molar-refractivity contribution in [2.24, 2.45) is 5.73 Å². The predicted molar refractivity (Wildman–Crippen MR) is 63.2 cm³/mol. The third-order valence-corrected chi connectivity index (χ3v) is 2.73. The number of hydrogen-bond donors (Lipinski definition) is 1. The molecule has 0 aliphatic carbocycles. The van der Waals surface area contributed by atoms with E-state index in [0.717, 1.165) is 5.56 Å². The molecule has 1 amide bonds. The summed E-state index contributed by atoms with van der Waals surface area (Å²) in [5.41, 5.74) is 7.01. The molecule has 0 aliphatic rings. The molecule has 2 rings (SSSR count). The van der Waals surface area contributed by atoms with Crippen molar-refractivity contribution in [1.82, 2.24) is 4.57 Å². The summed E-state index contributed by atoms with van der Waals surface area (Å²) in [6, 6.07) is 13.7. The zero-order chi connectivity index (χ0) is 11.5. The molecule has 1 aromatic heterocycles. The smallest absolute Gasteiger partial charge is 0.265 e. The van der Waals surface area contributed by atoms with Crippen molar-refractivity contribution in [3.05, 3.63) is 59.9 Å². The van der Waals surface area contributed by atoms with E-state index in [4.69, 9.17) is 5.73 Å². The average molecular weight is 214 g/mol. The quantitative estimate of drug-likeness (QED) is 0.836. The second kappa shape index (κ2) is 4.23. The van der Waals surface area contributed by atoms with E-state index in [1.807, 2.05) is 54.1 Å². The number of aromatic nitrogens is 1. The van der Waals surface area contributed by atoms with Crippen LogP contribution < -0.4 is 5.73 Å². The van der Waals surface area contributed by atoms with Crippen LogP contribution in [0.25, 0.3) is 0 Å². The molecule has 1 aromatic carbocycles. The Morgan fingerprint density at radius 3 is 2.50 bits per heavy atom. The highest BCUT2D eigenvalue weighted by molar-refractivity contribution is 5.91. The molecule has 1 heterocycles. The van der Waals surface area contributed by atoms with Crippen LogP contribution in [0.1, 0.15) is 29.0 Å². The minimum absolute atomic E-state index is 0.110. The van der Waals surface area contributed by atoms with Crippen LogP contribution >= 0.6 is 0 Å². The Kier molecular flexibility index (Phi) is 2.77. The number of amides is 1. The largest absolute Gasteiger partial charge is 0.364 e. The second-order valence-corrected chi connectivity index (χ2v) is 3.75. The van der Waals surface area contributed by atoms with Gasteiger partial charge >= 0.3 is 0 Å². The highest BCUT2D eigenvalue weighted by Crippen LogP contribution is 2.19. The zero-order valence-electron chi connectivity index (χ0n) is 9.13. The van der Waals surface area contributed by atoms with Gasteiger partial charge in [-0.1, -0.05) is 30.3 Å². The lowest BCUT2D eigenvalue weighted by Crippen LogP contribution is -2.19. The number of rotatable bonds is 3. The van der Waals surface area contributed by atoms with Crippen LogP contribution in [0.4, 0.5) is 0 Å². The molecule has 0 aliphatic heterocycles. The fourth-order valence-corrected chi connectivity index (χ4v) is 1.83. The fourth-order valence-electron chi connectivity index (χ4n) is 1.83. The van der Waals surface area contributed by atoms with Gasteiger partial charge in [-0.15, -0.1) is 0 Å². The summed E-state index contributed by atoms with van der Waals surface area (Å²) >= 11 is 0. The van der Waals surface area contributed by atoms with E-state index in [2.05, 4.69) is 0 Å². The van der Waals surface area contributed by atoms with Crippen molar-refractivity contribution in [3.8, 4) is 0 Å². The summed E-state index contributed by atoms with van der Waals surface area (Å²) in [6.45, 7) is 2.04. The highest BCUT2D eigenvalue weighted by atomic mass is 16.1. The van der Waals surface area contributed by atoms with Gasteiger partial charge in [-0.05, 0) is 24.6 Å². The van der Waals surface area contributed by atoms with E-state index >= 15 is 0 Å². The second-order valence-electron chi connectivity index (χ2n) is 3.75. The summed E-state index contributed by atoms with van der Waals surface area (Å²) in [4.78, 5) is 11.2. The maximum atomic E-state index is 11.2. The molecule has 0 radical (unpaired) electrons. The summed E-state index contributed by atoms with van der Waals surface area (Å²) in [6.07, 6.45) is 1.87. The maximum Gasteiger partial charge on any atom is 0.265 e. The lowest BCUT2D eigenvalue weighted by Gasteiger charge is -2.16. The van der Waals surface area contributed by atoms with E-state index in [-0.39, 0.29) is 6.04 Å². The van der Waals surface area contributed by atoms with Crippen LogP contribution in [-0.2, 0) is 0 Å². The Morgan fingerprint density at radius 1 is 1.19 bits per heavy atom. The van der Waals surface area contributed by atoms with Gasteiger partial charge in [-0.2, -0.15) is 0 Å². The Balaban J connectivity index is 2.38. The third kappa shape index (κ3) is 1.84. The van der Waals surface area contributed by atoms with E-state index in [1.54, 1.807) is 6.07 Å². The molecule has 16 heavy (non-hydrogen) atoms. The first-order valence-corrected chi connectivity index (χ1v) is 5.21. The minimum atomic E-state index is -0.396. The van der Waals surface area contributed by atoms with Gasteiger partial charge in [0.2, 0.25) is 0 Å². The number of hydrogen-bond acceptors (Lipinski definition) is 1. The predicted octanol–water partition coefficient (Wildman–Crippen LogP) is 2.20. The highest BCUT2D eigenvalue weighted by Gasteiger charge is 2.13. The molecule has 1 atom stereocenters. The summed E-state index contributed by atoms with van der Waals surface area (Å²) in [5.74, 6) is -0.396. The third-order valence-electron chi connectivity index (χ3n) is 2.73. The first kappa shape index (κ1) is 10.5. The Labute approximate surface area is 94.5 Å². The van der Waals surface area contributed by atoms with Crippen molar-refractivity contribution in [3.63, 3.8) is 0 Å². The molecular formula is C13H14N2O. The molecule has 0 fully saturated rings. The topological polar surface area (TPSA) is 48.0 Å². The van der Waals surface area contributed by atoms with Gasteiger partial charge in [-0.25, -0.2) is 0 Å². The summed E-state index contributed by atoms with van der Waals surface area (Å²) < 4.78 is 1.89. The van der Waals surface area contributed by atoms with E-state index in [0.29, 0.717) is 5.69 Å².